The maximum atomic E-state index is 9.24. The van der Waals surface area contributed by atoms with Crippen molar-refractivity contribution in [2.75, 3.05) is 6.54 Å². The second kappa shape index (κ2) is 3.52. The normalized spacial score (nSPS) is 39.5. The summed E-state index contributed by atoms with van der Waals surface area (Å²) in [6.07, 6.45) is 0.441. The summed E-state index contributed by atoms with van der Waals surface area (Å²) in [5.41, 5.74) is 5.69. The van der Waals surface area contributed by atoms with Crippen LogP contribution in [-0.2, 0) is 0 Å². The first kappa shape index (κ1) is 8.97. The van der Waals surface area contributed by atoms with Gasteiger partial charge in [0.2, 0.25) is 0 Å². The van der Waals surface area contributed by atoms with Gasteiger partial charge in [-0.15, -0.1) is 0 Å². The Labute approximate surface area is 68.0 Å². The molecule has 0 aromatic heterocycles. The first-order chi connectivity index (χ1) is 5.11. The molecule has 3 nitrogen and oxygen atoms in total. The van der Waals surface area contributed by atoms with E-state index in [4.69, 9.17) is 5.73 Å². The molecule has 0 bridgehead atoms. The third-order valence-electron chi connectivity index (χ3n) is 2.51. The third-order valence-corrected chi connectivity index (χ3v) is 2.51. The molecule has 3 heteroatoms. The van der Waals surface area contributed by atoms with Gasteiger partial charge in [-0.1, -0.05) is 13.8 Å². The molecule has 0 amide bonds. The van der Waals surface area contributed by atoms with Gasteiger partial charge in [-0.2, -0.15) is 0 Å². The predicted octanol–water partition coefficient (Wildman–Crippen LogP) is -0.102. The zero-order valence-corrected chi connectivity index (χ0v) is 7.25. The molecule has 66 valence electrons. The van der Waals surface area contributed by atoms with Crippen LogP contribution in [-0.4, -0.2) is 23.9 Å². The number of nitrogens with two attached hydrogens (primary N) is 1. The van der Waals surface area contributed by atoms with Gasteiger partial charge in [0.1, 0.15) is 6.23 Å². The Balaban J connectivity index is 2.40. The molecule has 0 spiro atoms. The lowest BCUT2D eigenvalue weighted by molar-refractivity contribution is 0.0580. The minimum atomic E-state index is -0.495. The summed E-state index contributed by atoms with van der Waals surface area (Å²) in [6.45, 7) is 5.28. The average Bonchev–Trinajstić information content (AvgIpc) is 1.94. The van der Waals surface area contributed by atoms with E-state index in [1.807, 2.05) is 0 Å². The quantitative estimate of drug-likeness (QED) is 0.499. The lowest BCUT2D eigenvalue weighted by atomic mass is 9.86. The summed E-state index contributed by atoms with van der Waals surface area (Å²) >= 11 is 0. The molecule has 0 aromatic rings. The smallest absolute Gasteiger partial charge is 0.120 e. The van der Waals surface area contributed by atoms with Crippen molar-refractivity contribution in [3.63, 3.8) is 0 Å². The van der Waals surface area contributed by atoms with Gasteiger partial charge in [0, 0.05) is 12.6 Å². The van der Waals surface area contributed by atoms with Crippen molar-refractivity contribution in [2.45, 2.75) is 32.5 Å². The molecule has 3 atom stereocenters. The molecular weight excluding hydrogens is 140 g/mol. The number of aliphatic hydroxyl groups is 1. The molecule has 1 fully saturated rings. The van der Waals surface area contributed by atoms with Gasteiger partial charge in [0.25, 0.3) is 0 Å². The third kappa shape index (κ3) is 2.15. The molecule has 1 rings (SSSR count). The van der Waals surface area contributed by atoms with Crippen molar-refractivity contribution in [3.05, 3.63) is 0 Å². The fourth-order valence-electron chi connectivity index (χ4n) is 1.49. The second-order valence-corrected chi connectivity index (χ2v) is 3.76. The Kier molecular flexibility index (Phi) is 2.87. The van der Waals surface area contributed by atoms with Crippen LogP contribution < -0.4 is 11.1 Å². The molecule has 3 unspecified atom stereocenters. The van der Waals surface area contributed by atoms with Gasteiger partial charge in [0.15, 0.2) is 0 Å². The molecular formula is C8H18N2O. The molecule has 0 radical (unpaired) electrons. The summed E-state index contributed by atoms with van der Waals surface area (Å²) in [5, 5.41) is 12.2. The van der Waals surface area contributed by atoms with Crippen LogP contribution >= 0.6 is 0 Å². The Hall–Kier alpha value is -0.120. The van der Waals surface area contributed by atoms with E-state index >= 15 is 0 Å². The van der Waals surface area contributed by atoms with Crippen molar-refractivity contribution in [2.24, 2.45) is 17.6 Å². The second-order valence-electron chi connectivity index (χ2n) is 3.76. The van der Waals surface area contributed by atoms with Crippen LogP contribution in [0.4, 0.5) is 0 Å². The highest BCUT2D eigenvalue weighted by molar-refractivity contribution is 4.82. The van der Waals surface area contributed by atoms with E-state index in [1.165, 1.54) is 0 Å². The highest BCUT2D eigenvalue weighted by atomic mass is 16.3. The highest BCUT2D eigenvalue weighted by Gasteiger charge is 2.27. The summed E-state index contributed by atoms with van der Waals surface area (Å²) < 4.78 is 0. The zero-order valence-electron chi connectivity index (χ0n) is 7.25. The number of rotatable bonds is 1. The van der Waals surface area contributed by atoms with Crippen molar-refractivity contribution in [1.82, 2.24) is 5.32 Å². The maximum absolute atomic E-state index is 9.24. The van der Waals surface area contributed by atoms with Crippen molar-refractivity contribution in [1.29, 1.82) is 0 Å². The molecule has 1 aliphatic heterocycles. The number of piperidine rings is 1. The van der Waals surface area contributed by atoms with Crippen LogP contribution in [0.15, 0.2) is 0 Å². The van der Waals surface area contributed by atoms with E-state index in [9.17, 15) is 5.11 Å². The summed E-state index contributed by atoms with van der Waals surface area (Å²) in [7, 11) is 0. The average molecular weight is 158 g/mol. The summed E-state index contributed by atoms with van der Waals surface area (Å²) in [4.78, 5) is 0. The van der Waals surface area contributed by atoms with Gasteiger partial charge in [0.05, 0.1) is 0 Å². The van der Waals surface area contributed by atoms with Gasteiger partial charge in [-0.25, -0.2) is 0 Å². The van der Waals surface area contributed by atoms with Gasteiger partial charge < -0.3 is 10.8 Å². The largest absolute Gasteiger partial charge is 0.377 e. The van der Waals surface area contributed by atoms with Crippen LogP contribution in [0.3, 0.4) is 0 Å². The Bertz CT molecular complexity index is 127. The number of nitrogens with one attached hydrogen (secondary N) is 1. The number of hydrogen-bond acceptors (Lipinski definition) is 3. The predicted molar refractivity (Wildman–Crippen MR) is 44.9 cm³/mol. The number of aliphatic hydroxyl groups excluding tert-OH is 1. The van der Waals surface area contributed by atoms with E-state index < -0.39 is 6.23 Å². The highest BCUT2D eigenvalue weighted by Crippen LogP contribution is 2.19. The molecule has 0 aromatic carbocycles. The minimum absolute atomic E-state index is 0.0869. The van der Waals surface area contributed by atoms with Crippen molar-refractivity contribution >= 4 is 0 Å². The fraction of sp³-hybridized carbons (Fsp3) is 1.00. The topological polar surface area (TPSA) is 58.3 Å². The standard InChI is InChI=1S/C8H18N2O/c1-5(2)6-3-7(9)8(11)10-4-6/h5-8,10-11H,3-4,9H2,1-2H3. The first-order valence-corrected chi connectivity index (χ1v) is 4.28. The Morgan fingerprint density at radius 1 is 1.55 bits per heavy atom. The van der Waals surface area contributed by atoms with Crippen LogP contribution in [0.5, 0.6) is 0 Å². The van der Waals surface area contributed by atoms with Crippen molar-refractivity contribution in [3.8, 4) is 0 Å². The fourth-order valence-corrected chi connectivity index (χ4v) is 1.49. The van der Waals surface area contributed by atoms with Gasteiger partial charge in [-0.05, 0) is 18.3 Å². The molecule has 0 aliphatic carbocycles. The first-order valence-electron chi connectivity index (χ1n) is 4.28. The maximum Gasteiger partial charge on any atom is 0.120 e. The Morgan fingerprint density at radius 2 is 2.18 bits per heavy atom. The lowest BCUT2D eigenvalue weighted by Crippen LogP contribution is -2.53. The minimum Gasteiger partial charge on any atom is -0.377 e. The Morgan fingerprint density at radius 3 is 2.64 bits per heavy atom. The van der Waals surface area contributed by atoms with Crippen LogP contribution in [0, 0.1) is 11.8 Å². The van der Waals surface area contributed by atoms with Crippen LogP contribution in [0.25, 0.3) is 0 Å². The zero-order chi connectivity index (χ0) is 8.43. The SMILES string of the molecule is CC(C)C1CNC(O)C(N)C1. The van der Waals surface area contributed by atoms with E-state index in [0.29, 0.717) is 11.8 Å². The molecule has 1 aliphatic rings. The van der Waals surface area contributed by atoms with Gasteiger partial charge >= 0.3 is 0 Å². The monoisotopic (exact) mass is 158 g/mol. The van der Waals surface area contributed by atoms with E-state index in [-0.39, 0.29) is 6.04 Å². The van der Waals surface area contributed by atoms with E-state index in [0.717, 1.165) is 13.0 Å². The number of hydrogen-bond donors (Lipinski definition) is 3. The summed E-state index contributed by atoms with van der Waals surface area (Å²) in [6, 6.07) is -0.0869. The molecule has 11 heavy (non-hydrogen) atoms. The molecule has 1 saturated heterocycles. The lowest BCUT2D eigenvalue weighted by Gasteiger charge is -2.33. The van der Waals surface area contributed by atoms with Crippen molar-refractivity contribution < 1.29 is 5.11 Å². The molecule has 4 N–H and O–H groups in total. The van der Waals surface area contributed by atoms with Crippen LogP contribution in [0.1, 0.15) is 20.3 Å². The van der Waals surface area contributed by atoms with Gasteiger partial charge in [-0.3, -0.25) is 5.32 Å². The van der Waals surface area contributed by atoms with E-state index in [2.05, 4.69) is 19.2 Å². The van der Waals surface area contributed by atoms with Crippen LogP contribution in [0.2, 0.25) is 0 Å². The van der Waals surface area contributed by atoms with E-state index in [1.54, 1.807) is 0 Å². The molecule has 0 saturated carbocycles. The summed E-state index contributed by atoms with van der Waals surface area (Å²) in [5.74, 6) is 1.27. The molecule has 1 heterocycles.